The molecule has 0 saturated carbocycles. The summed E-state index contributed by atoms with van der Waals surface area (Å²) in [5.74, 6) is 0. The van der Waals surface area contributed by atoms with Gasteiger partial charge in [-0.1, -0.05) is 52.0 Å². The molecular weight excluding hydrogens is 631 g/mol. The number of benzene rings is 1. The Morgan fingerprint density at radius 1 is 0.629 bits per heavy atom. The molecule has 0 spiro atoms. The van der Waals surface area contributed by atoms with Crippen molar-refractivity contribution in [3.8, 4) is 0 Å². The van der Waals surface area contributed by atoms with Crippen molar-refractivity contribution in [2.24, 2.45) is 17.2 Å². The van der Waals surface area contributed by atoms with Crippen LogP contribution in [0, 0.1) is 0 Å². The quantitative estimate of drug-likeness (QED) is 0.0872. The third kappa shape index (κ3) is 48.0. The van der Waals surface area contributed by atoms with E-state index in [1.54, 1.807) is 5.56 Å². The first-order valence-corrected chi connectivity index (χ1v) is 15.6. The average Bonchev–Trinajstić information content (AvgIpc) is 2.74. The summed E-state index contributed by atoms with van der Waals surface area (Å²) in [6, 6.07) is 8.85. The van der Waals surface area contributed by atoms with Gasteiger partial charge in [0.15, 0.2) is 0 Å². The van der Waals surface area contributed by atoms with Gasteiger partial charge in [-0.05, 0) is 0 Å². The summed E-state index contributed by atoms with van der Waals surface area (Å²) >= 11 is 26.9. The maximum atomic E-state index is 4.66. The minimum Gasteiger partial charge on any atom is -0.415 e. The maximum Gasteiger partial charge on any atom is -0.0708 e. The second-order valence-electron chi connectivity index (χ2n) is 7.91. The van der Waals surface area contributed by atoms with Gasteiger partial charge in [0.05, 0.1) is 0 Å². The van der Waals surface area contributed by atoms with E-state index in [0.717, 1.165) is 0 Å². The summed E-state index contributed by atoms with van der Waals surface area (Å²) in [6.07, 6.45) is 21.5. The third-order valence-corrected chi connectivity index (χ3v) is 5.75. The van der Waals surface area contributed by atoms with Gasteiger partial charge in [-0.2, -0.15) is 0 Å². The van der Waals surface area contributed by atoms with Gasteiger partial charge in [0.2, 0.25) is 0 Å². The van der Waals surface area contributed by atoms with Crippen molar-refractivity contribution in [1.29, 1.82) is 0 Å². The Labute approximate surface area is 259 Å². The topological polar surface area (TPSA) is 78.1 Å². The predicted octanol–water partition coefficient (Wildman–Crippen LogP) is 6.21. The fourth-order valence-electron chi connectivity index (χ4n) is 3.22. The minimum atomic E-state index is 0.0833. The molecule has 0 aliphatic rings. The van der Waals surface area contributed by atoms with Gasteiger partial charge in [-0.15, -0.1) is 0 Å². The fourth-order valence-corrected chi connectivity index (χ4v) is 3.83. The van der Waals surface area contributed by atoms with Crippen molar-refractivity contribution < 1.29 is 19.8 Å². The summed E-state index contributed by atoms with van der Waals surface area (Å²) < 4.78 is 1.72. The summed E-state index contributed by atoms with van der Waals surface area (Å²) in [7, 11) is 0. The molecule has 35 heavy (non-hydrogen) atoms. The Bertz CT molecular complexity index is 607. The van der Waals surface area contributed by atoms with Gasteiger partial charge < -0.3 is 91.7 Å². The second-order valence-corrected chi connectivity index (χ2v) is 12.4. The number of nitrogens with two attached hydrogens (primary N) is 3. The van der Waals surface area contributed by atoms with Crippen LogP contribution in [0.15, 0.2) is 24.3 Å². The van der Waals surface area contributed by atoms with Crippen molar-refractivity contribution in [3.63, 3.8) is 0 Å². The molecule has 0 saturated heterocycles. The Kier molecular flexibility index (Phi) is 36.6. The largest absolute Gasteiger partial charge is 0.415 e. The Morgan fingerprint density at radius 3 is 1.23 bits per heavy atom. The smallest absolute Gasteiger partial charge is 0.0708 e. The number of aryl methyl sites for hydroxylation is 1. The Hall–Kier alpha value is 0.238. The molecule has 0 aliphatic carbocycles. The van der Waals surface area contributed by atoms with E-state index in [9.17, 15) is 0 Å². The van der Waals surface area contributed by atoms with E-state index < -0.39 is 0 Å². The predicted molar refractivity (Wildman–Crippen MR) is 173 cm³/mol. The Balaban J connectivity index is -0.000000706. The molecule has 0 heterocycles. The van der Waals surface area contributed by atoms with E-state index in [1.807, 2.05) is 0 Å². The van der Waals surface area contributed by atoms with Gasteiger partial charge in [-0.3, -0.25) is 0 Å². The van der Waals surface area contributed by atoms with Crippen molar-refractivity contribution >= 4 is 91.5 Å². The summed E-state index contributed by atoms with van der Waals surface area (Å²) in [4.78, 5) is 0. The van der Waals surface area contributed by atoms with Crippen LogP contribution in [-0.2, 0) is 64.1 Å². The molecule has 0 unspecified atom stereocenters. The zero-order valence-corrected chi connectivity index (χ0v) is 27.9. The molecule has 200 valence electrons. The molecule has 0 aliphatic heterocycles. The normalized spacial score (nSPS) is 9.26. The van der Waals surface area contributed by atoms with Crippen LogP contribution < -0.4 is 21.2 Å². The first kappa shape index (κ1) is 39.7. The summed E-state index contributed by atoms with van der Waals surface area (Å²) in [5, 5.41) is 0. The van der Waals surface area contributed by atoms with E-state index in [1.165, 1.54) is 100 Å². The number of thiocarbonyl (C=S) groups is 3. The zero-order chi connectivity index (χ0) is 27.3. The van der Waals surface area contributed by atoms with Gasteiger partial charge in [0.25, 0.3) is 0 Å². The van der Waals surface area contributed by atoms with Crippen LogP contribution >= 0.6 is 36.7 Å². The van der Waals surface area contributed by atoms with Gasteiger partial charge in [0, 0.05) is 0 Å². The van der Waals surface area contributed by atoms with Gasteiger partial charge >= 0.3 is 118 Å². The molecule has 3 nitrogen and oxygen atoms in total. The van der Waals surface area contributed by atoms with Gasteiger partial charge in [-0.25, -0.2) is 0 Å². The first-order chi connectivity index (χ1) is 16.5. The van der Waals surface area contributed by atoms with Crippen LogP contribution in [0.3, 0.4) is 0 Å². The van der Waals surface area contributed by atoms with Crippen LogP contribution in [0.1, 0.15) is 102 Å². The molecule has 10 heteroatoms. The van der Waals surface area contributed by atoms with E-state index in [-0.39, 0.29) is 13.0 Å². The molecule has 0 atom stereocenters. The van der Waals surface area contributed by atoms with Crippen molar-refractivity contribution in [3.05, 3.63) is 29.8 Å². The van der Waals surface area contributed by atoms with Crippen LogP contribution in [0.4, 0.5) is 0 Å². The van der Waals surface area contributed by atoms with Crippen molar-refractivity contribution in [2.45, 2.75) is 103 Å². The SMILES string of the molecule is CCCCCCCCCCCCCCCCc1cccc[c]1[Mo+3].NC(=S)[S-].NC(=S)[S-].NC(=S)[S-]. The van der Waals surface area contributed by atoms with Crippen molar-refractivity contribution in [1.82, 2.24) is 0 Å². The molecule has 0 bridgehead atoms. The summed E-state index contributed by atoms with van der Waals surface area (Å²) in [6.45, 7) is 2.29. The van der Waals surface area contributed by atoms with Crippen LogP contribution in [0.2, 0.25) is 0 Å². The Morgan fingerprint density at radius 2 is 0.914 bits per heavy atom. The summed E-state index contributed by atoms with van der Waals surface area (Å²) in [5.41, 5.74) is 15.5. The van der Waals surface area contributed by atoms with Crippen molar-refractivity contribution in [2.75, 3.05) is 0 Å². The zero-order valence-electron chi connectivity index (χ0n) is 21.0. The standard InChI is InChI=1S/C22H37.3CH3NS2.Mo/c1-2-3-4-5-6-7-8-9-10-11-12-13-14-16-19-22-20-17-15-18-21-22;3*2-1(3)4;/h15,17-18,20H,2-14,16,19H2,1H3;3*(H3,2,3,4);/q;;;;+3/p-3. The van der Waals surface area contributed by atoms with E-state index in [2.05, 4.69) is 143 Å². The molecule has 6 N–H and O–H groups in total. The average molecular weight is 674 g/mol. The van der Waals surface area contributed by atoms with E-state index in [4.69, 9.17) is 0 Å². The molecule has 0 fully saturated rings. The molecule has 1 aromatic rings. The molecule has 0 radical (unpaired) electrons. The second kappa shape index (κ2) is 32.3. The minimum absolute atomic E-state index is 0.0833. The number of rotatable bonds is 15. The van der Waals surface area contributed by atoms with Crippen LogP contribution in [0.25, 0.3) is 0 Å². The molecular formula is C25H43MoN3S6. The third-order valence-electron chi connectivity index (χ3n) is 4.77. The van der Waals surface area contributed by atoms with E-state index >= 15 is 0 Å². The number of hydrogen-bond acceptors (Lipinski definition) is 6. The van der Waals surface area contributed by atoms with E-state index in [0.29, 0.717) is 0 Å². The fraction of sp³-hybridized carbons (Fsp3) is 0.640. The van der Waals surface area contributed by atoms with Gasteiger partial charge in [0.1, 0.15) is 0 Å². The first-order valence-electron chi connectivity index (χ1n) is 12.2. The molecule has 0 amide bonds. The molecule has 1 aromatic carbocycles. The monoisotopic (exact) mass is 675 g/mol. The molecule has 0 aromatic heterocycles. The number of unbranched alkanes of at least 4 members (excludes halogenated alkanes) is 13. The van der Waals surface area contributed by atoms with Crippen LogP contribution in [-0.4, -0.2) is 13.0 Å². The number of hydrogen-bond donors (Lipinski definition) is 3. The molecule has 1 rings (SSSR count). The maximum absolute atomic E-state index is 4.66. The van der Waals surface area contributed by atoms with Crippen LogP contribution in [0.5, 0.6) is 0 Å².